The maximum Gasteiger partial charge on any atom is 0.291 e. The molecular formula is C18H15BrN2O3. The number of halogens is 1. The molecule has 2 aromatic carbocycles. The van der Waals surface area contributed by atoms with E-state index >= 15 is 0 Å². The molecule has 0 aliphatic heterocycles. The number of carbonyl (C=O) groups is 2. The number of hydrogen-bond acceptors (Lipinski definition) is 3. The van der Waals surface area contributed by atoms with Gasteiger partial charge in [-0.25, -0.2) is 0 Å². The lowest BCUT2D eigenvalue weighted by atomic mass is 10.2. The molecule has 3 rings (SSSR count). The maximum absolute atomic E-state index is 12.3. The van der Waals surface area contributed by atoms with E-state index in [0.29, 0.717) is 11.3 Å². The van der Waals surface area contributed by atoms with Gasteiger partial charge in [-0.05, 0) is 52.3 Å². The van der Waals surface area contributed by atoms with E-state index < -0.39 is 0 Å². The number of nitrogens with one attached hydrogen (secondary N) is 1. The third-order valence-electron chi connectivity index (χ3n) is 3.70. The fourth-order valence-electron chi connectivity index (χ4n) is 2.28. The first-order valence-corrected chi connectivity index (χ1v) is 8.09. The van der Waals surface area contributed by atoms with Crippen LogP contribution in [-0.4, -0.2) is 18.9 Å². The van der Waals surface area contributed by atoms with Crippen LogP contribution >= 0.6 is 15.9 Å². The highest BCUT2D eigenvalue weighted by molar-refractivity contribution is 9.10. The zero-order valence-corrected chi connectivity index (χ0v) is 14.8. The van der Waals surface area contributed by atoms with Crippen molar-refractivity contribution in [3.63, 3.8) is 0 Å². The van der Waals surface area contributed by atoms with Crippen LogP contribution in [-0.2, 0) is 4.79 Å². The van der Waals surface area contributed by atoms with E-state index in [0.717, 1.165) is 15.5 Å². The average Bonchev–Trinajstić information content (AvgIpc) is 3.00. The summed E-state index contributed by atoms with van der Waals surface area (Å²) in [5, 5.41) is 3.64. The van der Waals surface area contributed by atoms with Gasteiger partial charge in [0.1, 0.15) is 5.58 Å². The van der Waals surface area contributed by atoms with Crippen LogP contribution in [0.3, 0.4) is 0 Å². The molecule has 0 bridgehead atoms. The van der Waals surface area contributed by atoms with E-state index in [1.54, 1.807) is 37.4 Å². The smallest absolute Gasteiger partial charge is 0.291 e. The first-order valence-electron chi connectivity index (χ1n) is 7.29. The summed E-state index contributed by atoms with van der Waals surface area (Å²) in [4.78, 5) is 25.2. The number of hydrogen-bond donors (Lipinski definition) is 1. The van der Waals surface area contributed by atoms with Gasteiger partial charge in [-0.3, -0.25) is 9.59 Å². The molecule has 0 radical (unpaired) electrons. The van der Waals surface area contributed by atoms with E-state index in [-0.39, 0.29) is 17.6 Å². The Morgan fingerprint density at radius 1 is 1.12 bits per heavy atom. The SMILES string of the molecule is CC(=O)N(C)c1ccc(NC(=O)c2cc3cccc(Br)c3o2)cc1. The molecule has 0 aliphatic carbocycles. The largest absolute Gasteiger partial charge is 0.450 e. The topological polar surface area (TPSA) is 62.6 Å². The molecule has 1 aromatic heterocycles. The molecule has 0 saturated heterocycles. The molecule has 1 heterocycles. The lowest BCUT2D eigenvalue weighted by Gasteiger charge is -2.15. The van der Waals surface area contributed by atoms with Crippen LogP contribution in [0.5, 0.6) is 0 Å². The molecule has 0 spiro atoms. The Balaban J connectivity index is 1.78. The van der Waals surface area contributed by atoms with Crippen LogP contribution in [0.2, 0.25) is 0 Å². The lowest BCUT2D eigenvalue weighted by molar-refractivity contribution is -0.116. The fraction of sp³-hybridized carbons (Fsp3) is 0.111. The number of rotatable bonds is 3. The van der Waals surface area contributed by atoms with Gasteiger partial charge < -0.3 is 14.6 Å². The Hall–Kier alpha value is -2.60. The average molecular weight is 387 g/mol. The Kier molecular flexibility index (Phi) is 4.40. The molecule has 122 valence electrons. The highest BCUT2D eigenvalue weighted by Crippen LogP contribution is 2.27. The number of furan rings is 1. The summed E-state index contributed by atoms with van der Waals surface area (Å²) >= 11 is 3.40. The maximum atomic E-state index is 12.3. The van der Waals surface area contributed by atoms with Crippen molar-refractivity contribution in [3.8, 4) is 0 Å². The van der Waals surface area contributed by atoms with Crippen molar-refractivity contribution in [2.45, 2.75) is 6.92 Å². The van der Waals surface area contributed by atoms with Crippen LogP contribution in [0, 0.1) is 0 Å². The second-order valence-electron chi connectivity index (χ2n) is 5.35. The summed E-state index contributed by atoms with van der Waals surface area (Å²) in [5.74, 6) is -0.146. The van der Waals surface area contributed by atoms with Gasteiger partial charge in [0.25, 0.3) is 5.91 Å². The van der Waals surface area contributed by atoms with Gasteiger partial charge in [0.2, 0.25) is 5.91 Å². The number of fused-ring (bicyclic) bond motifs is 1. The van der Waals surface area contributed by atoms with Crippen LogP contribution in [0.1, 0.15) is 17.5 Å². The van der Waals surface area contributed by atoms with Crippen LogP contribution in [0.15, 0.2) is 57.4 Å². The van der Waals surface area contributed by atoms with Gasteiger partial charge in [0.15, 0.2) is 5.76 Å². The van der Waals surface area contributed by atoms with Crippen molar-refractivity contribution in [1.82, 2.24) is 0 Å². The minimum atomic E-state index is -0.328. The summed E-state index contributed by atoms with van der Waals surface area (Å²) in [5.41, 5.74) is 2.02. The summed E-state index contributed by atoms with van der Waals surface area (Å²) in [6, 6.07) is 14.3. The minimum absolute atomic E-state index is 0.0559. The van der Waals surface area contributed by atoms with Crippen molar-refractivity contribution in [1.29, 1.82) is 0 Å². The van der Waals surface area contributed by atoms with Crippen LogP contribution < -0.4 is 10.2 Å². The van der Waals surface area contributed by atoms with E-state index in [1.807, 2.05) is 18.2 Å². The van der Waals surface area contributed by atoms with E-state index in [2.05, 4.69) is 21.2 Å². The Bertz CT molecular complexity index is 916. The number of para-hydroxylation sites is 1. The third kappa shape index (κ3) is 3.19. The molecule has 2 amide bonds. The van der Waals surface area contributed by atoms with Gasteiger partial charge in [0, 0.05) is 30.7 Å². The van der Waals surface area contributed by atoms with Gasteiger partial charge in [-0.2, -0.15) is 0 Å². The number of nitrogens with zero attached hydrogens (tertiary/aromatic N) is 1. The Morgan fingerprint density at radius 2 is 1.83 bits per heavy atom. The van der Waals surface area contributed by atoms with E-state index in [4.69, 9.17) is 4.42 Å². The predicted octanol–water partition coefficient (Wildman–Crippen LogP) is 4.43. The van der Waals surface area contributed by atoms with E-state index in [1.165, 1.54) is 11.8 Å². The van der Waals surface area contributed by atoms with Crippen LogP contribution in [0.4, 0.5) is 11.4 Å². The quantitative estimate of drug-likeness (QED) is 0.723. The molecule has 0 saturated carbocycles. The van der Waals surface area contributed by atoms with Gasteiger partial charge in [-0.15, -0.1) is 0 Å². The first kappa shape index (κ1) is 16.3. The zero-order chi connectivity index (χ0) is 17.3. The lowest BCUT2D eigenvalue weighted by Crippen LogP contribution is -2.22. The summed E-state index contributed by atoms with van der Waals surface area (Å²) in [7, 11) is 1.70. The molecule has 24 heavy (non-hydrogen) atoms. The monoisotopic (exact) mass is 386 g/mol. The summed E-state index contributed by atoms with van der Waals surface area (Å²) in [6.07, 6.45) is 0. The van der Waals surface area contributed by atoms with Crippen molar-refractivity contribution in [3.05, 3.63) is 58.8 Å². The molecular weight excluding hydrogens is 372 g/mol. The van der Waals surface area contributed by atoms with Gasteiger partial charge in [0.05, 0.1) is 4.47 Å². The van der Waals surface area contributed by atoms with Gasteiger partial charge in [-0.1, -0.05) is 12.1 Å². The Labute approximate surface area is 147 Å². The number of anilines is 2. The van der Waals surface area contributed by atoms with Crippen molar-refractivity contribution in [2.75, 3.05) is 17.3 Å². The van der Waals surface area contributed by atoms with Crippen molar-refractivity contribution < 1.29 is 14.0 Å². The predicted molar refractivity (Wildman–Crippen MR) is 97.4 cm³/mol. The molecule has 0 unspecified atom stereocenters. The highest BCUT2D eigenvalue weighted by atomic mass is 79.9. The number of benzene rings is 2. The Morgan fingerprint density at radius 3 is 2.46 bits per heavy atom. The van der Waals surface area contributed by atoms with Crippen molar-refractivity contribution >= 4 is 50.1 Å². The molecule has 6 heteroatoms. The molecule has 0 atom stereocenters. The molecule has 5 nitrogen and oxygen atoms in total. The second kappa shape index (κ2) is 6.49. The summed E-state index contributed by atoms with van der Waals surface area (Å²) < 4.78 is 6.42. The molecule has 1 N–H and O–H groups in total. The molecule has 3 aromatic rings. The van der Waals surface area contributed by atoms with Crippen molar-refractivity contribution in [2.24, 2.45) is 0 Å². The third-order valence-corrected chi connectivity index (χ3v) is 4.33. The minimum Gasteiger partial charge on any atom is -0.450 e. The summed E-state index contributed by atoms with van der Waals surface area (Å²) in [6.45, 7) is 1.50. The fourth-order valence-corrected chi connectivity index (χ4v) is 2.74. The normalized spacial score (nSPS) is 10.6. The molecule has 0 aliphatic rings. The van der Waals surface area contributed by atoms with Crippen LogP contribution in [0.25, 0.3) is 11.0 Å². The second-order valence-corrected chi connectivity index (χ2v) is 6.20. The number of carbonyl (C=O) groups excluding carboxylic acids is 2. The number of amides is 2. The van der Waals surface area contributed by atoms with Gasteiger partial charge >= 0.3 is 0 Å². The molecule has 0 fully saturated rings. The highest BCUT2D eigenvalue weighted by Gasteiger charge is 2.14. The zero-order valence-electron chi connectivity index (χ0n) is 13.2. The first-order chi connectivity index (χ1) is 11.5. The standard InChI is InChI=1S/C18H15BrN2O3/c1-11(22)21(2)14-8-6-13(7-9-14)20-18(23)16-10-12-4-3-5-15(19)17(12)24-16/h3-10H,1-2H3,(H,20,23). The van der Waals surface area contributed by atoms with E-state index in [9.17, 15) is 9.59 Å².